The van der Waals surface area contributed by atoms with Gasteiger partial charge in [0.25, 0.3) is 0 Å². The van der Waals surface area contributed by atoms with Crippen molar-refractivity contribution in [3.63, 3.8) is 0 Å². The predicted molar refractivity (Wildman–Crippen MR) is 101 cm³/mol. The molecule has 1 unspecified atom stereocenters. The van der Waals surface area contributed by atoms with Crippen molar-refractivity contribution in [1.29, 1.82) is 0 Å². The van der Waals surface area contributed by atoms with Crippen LogP contribution in [0, 0.1) is 5.41 Å². The first kappa shape index (κ1) is 21.0. The third-order valence-electron chi connectivity index (χ3n) is 4.48. The van der Waals surface area contributed by atoms with Gasteiger partial charge in [-0.3, -0.25) is 4.79 Å². The summed E-state index contributed by atoms with van der Waals surface area (Å²) < 4.78 is 5.24. The number of nitrogens with two attached hydrogens (primary N) is 1. The fraction of sp³-hybridized carbons (Fsp3) is 0.588. The van der Waals surface area contributed by atoms with E-state index in [0.29, 0.717) is 22.9 Å². The molecule has 1 aliphatic heterocycles. The smallest absolute Gasteiger partial charge is 0.225 e. The fourth-order valence-corrected chi connectivity index (χ4v) is 3.10. The van der Waals surface area contributed by atoms with Crippen molar-refractivity contribution in [2.24, 2.45) is 11.1 Å². The third kappa shape index (κ3) is 5.52. The molecule has 0 spiro atoms. The van der Waals surface area contributed by atoms with E-state index in [9.17, 15) is 4.79 Å². The largest absolute Gasteiger partial charge is 0.495 e. The summed E-state index contributed by atoms with van der Waals surface area (Å²) >= 11 is 5.97. The van der Waals surface area contributed by atoms with Crippen molar-refractivity contribution < 1.29 is 9.53 Å². The molecule has 1 heterocycles. The molecule has 1 aromatic carbocycles. The van der Waals surface area contributed by atoms with Crippen molar-refractivity contribution in [1.82, 2.24) is 4.90 Å². The average molecular weight is 376 g/mol. The molecule has 2 rings (SSSR count). The Hall–Kier alpha value is -1.01. The maximum Gasteiger partial charge on any atom is 0.225 e. The zero-order chi connectivity index (χ0) is 17.0. The highest BCUT2D eigenvalue weighted by Crippen LogP contribution is 2.29. The Labute approximate surface area is 155 Å². The van der Waals surface area contributed by atoms with Crippen LogP contribution in [0.15, 0.2) is 18.2 Å². The van der Waals surface area contributed by atoms with Gasteiger partial charge in [0.15, 0.2) is 0 Å². The SMILES string of the molecule is COc1ccc(Cl)cc1NC(=O)CCN1CCC(N)C(C)(C)C1.Cl. The number of anilines is 1. The molecular weight excluding hydrogens is 349 g/mol. The zero-order valence-corrected chi connectivity index (χ0v) is 16.0. The van der Waals surface area contributed by atoms with Gasteiger partial charge in [0.1, 0.15) is 5.75 Å². The first-order chi connectivity index (χ1) is 10.8. The van der Waals surface area contributed by atoms with Crippen molar-refractivity contribution in [2.45, 2.75) is 32.7 Å². The number of piperidine rings is 1. The molecule has 3 N–H and O–H groups in total. The van der Waals surface area contributed by atoms with Gasteiger partial charge < -0.3 is 20.7 Å². The lowest BCUT2D eigenvalue weighted by Gasteiger charge is -2.42. The Kier molecular flexibility index (Phi) is 7.80. The van der Waals surface area contributed by atoms with Crippen molar-refractivity contribution in [2.75, 3.05) is 32.1 Å². The van der Waals surface area contributed by atoms with E-state index in [4.69, 9.17) is 22.1 Å². The minimum Gasteiger partial charge on any atom is -0.495 e. The molecule has 0 aliphatic carbocycles. The summed E-state index contributed by atoms with van der Waals surface area (Å²) in [6.45, 7) is 6.95. The van der Waals surface area contributed by atoms with Crippen LogP contribution in [0.1, 0.15) is 26.7 Å². The van der Waals surface area contributed by atoms with Crippen LogP contribution in [0.5, 0.6) is 5.75 Å². The molecule has 5 nitrogen and oxygen atoms in total. The topological polar surface area (TPSA) is 67.6 Å². The van der Waals surface area contributed by atoms with Gasteiger partial charge in [0.05, 0.1) is 12.8 Å². The van der Waals surface area contributed by atoms with E-state index in [1.54, 1.807) is 25.3 Å². The fourth-order valence-electron chi connectivity index (χ4n) is 2.93. The summed E-state index contributed by atoms with van der Waals surface area (Å²) in [5.41, 5.74) is 6.84. The number of nitrogens with one attached hydrogen (secondary N) is 1. The summed E-state index contributed by atoms with van der Waals surface area (Å²) in [5, 5.41) is 3.43. The van der Waals surface area contributed by atoms with Crippen LogP contribution in [0.3, 0.4) is 0 Å². The molecule has 1 aromatic rings. The molecule has 0 aromatic heterocycles. The molecule has 0 radical (unpaired) electrons. The highest BCUT2D eigenvalue weighted by molar-refractivity contribution is 6.31. The second kappa shape index (κ2) is 8.90. The highest BCUT2D eigenvalue weighted by atomic mass is 35.5. The molecule has 0 saturated carbocycles. The lowest BCUT2D eigenvalue weighted by atomic mass is 9.80. The van der Waals surface area contributed by atoms with Crippen molar-refractivity contribution in [3.8, 4) is 5.75 Å². The van der Waals surface area contributed by atoms with Gasteiger partial charge in [-0.25, -0.2) is 0 Å². The molecule has 136 valence electrons. The second-order valence-corrected chi connectivity index (χ2v) is 7.24. The first-order valence-corrected chi connectivity index (χ1v) is 8.31. The number of likely N-dealkylation sites (tertiary alicyclic amines) is 1. The molecule has 7 heteroatoms. The summed E-state index contributed by atoms with van der Waals surface area (Å²) in [5.74, 6) is 0.561. The molecule has 1 saturated heterocycles. The van der Waals surface area contributed by atoms with E-state index < -0.39 is 0 Å². The Morgan fingerprint density at radius 3 is 2.83 bits per heavy atom. The number of amides is 1. The number of hydrogen-bond acceptors (Lipinski definition) is 4. The normalized spacial score (nSPS) is 20.1. The van der Waals surface area contributed by atoms with E-state index in [0.717, 1.165) is 26.1 Å². The van der Waals surface area contributed by atoms with Crippen LogP contribution in [0.25, 0.3) is 0 Å². The number of rotatable bonds is 5. The number of nitrogens with zero attached hydrogens (tertiary/aromatic N) is 1. The van der Waals surface area contributed by atoms with Crippen LogP contribution in [0.4, 0.5) is 5.69 Å². The van der Waals surface area contributed by atoms with Gasteiger partial charge in [0, 0.05) is 30.6 Å². The average Bonchev–Trinajstić information content (AvgIpc) is 2.48. The Balaban J connectivity index is 0.00000288. The molecule has 1 atom stereocenters. The van der Waals surface area contributed by atoms with E-state index >= 15 is 0 Å². The number of hydrogen-bond donors (Lipinski definition) is 2. The van der Waals surface area contributed by atoms with Crippen LogP contribution in [-0.2, 0) is 4.79 Å². The van der Waals surface area contributed by atoms with Gasteiger partial charge in [-0.15, -0.1) is 12.4 Å². The Bertz CT molecular complexity index is 567. The summed E-state index contributed by atoms with van der Waals surface area (Å²) in [6.07, 6.45) is 1.40. The molecule has 1 fully saturated rings. The van der Waals surface area contributed by atoms with E-state index in [2.05, 4.69) is 24.1 Å². The quantitative estimate of drug-likeness (QED) is 0.829. The number of ether oxygens (including phenoxy) is 1. The number of carbonyl (C=O) groups is 1. The first-order valence-electron chi connectivity index (χ1n) is 7.93. The van der Waals surface area contributed by atoms with Gasteiger partial charge in [-0.2, -0.15) is 0 Å². The van der Waals surface area contributed by atoms with Crippen LogP contribution >= 0.6 is 24.0 Å². The molecule has 0 bridgehead atoms. The van der Waals surface area contributed by atoms with Gasteiger partial charge >= 0.3 is 0 Å². The summed E-state index contributed by atoms with van der Waals surface area (Å²) in [6, 6.07) is 5.39. The van der Waals surface area contributed by atoms with Gasteiger partial charge in [-0.05, 0) is 36.6 Å². The Morgan fingerprint density at radius 1 is 1.50 bits per heavy atom. The predicted octanol–water partition coefficient (Wildman–Crippen LogP) is 3.16. The van der Waals surface area contributed by atoms with Crippen molar-refractivity contribution >= 4 is 35.6 Å². The van der Waals surface area contributed by atoms with E-state index in [-0.39, 0.29) is 29.8 Å². The van der Waals surface area contributed by atoms with Gasteiger partial charge in [0.2, 0.25) is 5.91 Å². The van der Waals surface area contributed by atoms with Crippen molar-refractivity contribution in [3.05, 3.63) is 23.2 Å². The monoisotopic (exact) mass is 375 g/mol. The van der Waals surface area contributed by atoms with Crippen LogP contribution < -0.4 is 15.8 Å². The summed E-state index contributed by atoms with van der Waals surface area (Å²) in [4.78, 5) is 14.5. The molecular formula is C17H27Cl2N3O2. The standard InChI is InChI=1S/C17H26ClN3O2.ClH/c1-17(2)11-21(8-6-15(17)19)9-7-16(22)20-13-10-12(18)4-5-14(13)23-3;/h4-5,10,15H,6-9,11,19H2,1-3H3,(H,20,22);1H. The number of benzene rings is 1. The molecule has 24 heavy (non-hydrogen) atoms. The van der Waals surface area contributed by atoms with E-state index in [1.165, 1.54) is 0 Å². The van der Waals surface area contributed by atoms with E-state index in [1.807, 2.05) is 0 Å². The highest BCUT2D eigenvalue weighted by Gasteiger charge is 2.33. The Morgan fingerprint density at radius 2 is 2.21 bits per heavy atom. The lowest BCUT2D eigenvalue weighted by molar-refractivity contribution is -0.116. The zero-order valence-electron chi connectivity index (χ0n) is 14.5. The maximum absolute atomic E-state index is 12.2. The number of carbonyl (C=O) groups excluding carboxylic acids is 1. The third-order valence-corrected chi connectivity index (χ3v) is 4.72. The van der Waals surface area contributed by atoms with Gasteiger partial charge in [-0.1, -0.05) is 25.4 Å². The lowest BCUT2D eigenvalue weighted by Crippen LogP contribution is -2.52. The van der Waals surface area contributed by atoms with Crippen LogP contribution in [0.2, 0.25) is 5.02 Å². The number of methoxy groups -OCH3 is 1. The second-order valence-electron chi connectivity index (χ2n) is 6.80. The number of halogens is 2. The maximum atomic E-state index is 12.2. The summed E-state index contributed by atoms with van der Waals surface area (Å²) in [7, 11) is 1.57. The minimum atomic E-state index is -0.0433. The molecule has 1 aliphatic rings. The minimum absolute atomic E-state index is 0. The van der Waals surface area contributed by atoms with Crippen LogP contribution in [-0.4, -0.2) is 43.6 Å². The molecule has 1 amide bonds.